The third-order valence-electron chi connectivity index (χ3n) is 6.24. The van der Waals surface area contributed by atoms with Gasteiger partial charge in [-0.2, -0.15) is 21.6 Å². The van der Waals surface area contributed by atoms with Gasteiger partial charge in [-0.3, -0.25) is 0 Å². The summed E-state index contributed by atoms with van der Waals surface area (Å²) in [6, 6.07) is 23.0. The molecule has 0 aliphatic rings. The number of aryl methyl sites for hydroxylation is 1. The molecule has 0 bridgehead atoms. The molecule has 0 saturated carbocycles. The molecule has 0 saturated heterocycles. The minimum Gasteiger partial charge on any atom is -0.508 e. The van der Waals surface area contributed by atoms with E-state index in [4.69, 9.17) is 8.83 Å². The lowest BCUT2D eigenvalue weighted by atomic mass is 10.00. The van der Waals surface area contributed by atoms with Crippen molar-refractivity contribution in [2.75, 3.05) is 0 Å². The summed E-state index contributed by atoms with van der Waals surface area (Å²) in [7, 11) is -5.67. The number of hydrogen-bond acceptors (Lipinski definition) is 7. The number of phenolic OH excluding ortho intramolecular Hbond substituents is 2. The zero-order valence-electron chi connectivity index (χ0n) is 21.2. The number of halogens is 3. The number of benzene rings is 4. The average molecular weight is 615 g/mol. The zero-order valence-corrected chi connectivity index (χ0v) is 22.0. The summed E-state index contributed by atoms with van der Waals surface area (Å²) in [4.78, 5) is 0. The van der Waals surface area contributed by atoms with Crippen LogP contribution in [0.4, 0.5) is 13.2 Å². The molecule has 0 aliphatic heterocycles. The molecule has 43 heavy (non-hydrogen) atoms. The molecular formula is C32H29F3O7S. The van der Waals surface area contributed by atoms with Crippen molar-refractivity contribution >= 4 is 32.1 Å². The highest BCUT2D eigenvalue weighted by Gasteiger charge is 2.48. The Balaban J connectivity index is 0.000000236. The number of alkyl halides is 3. The van der Waals surface area contributed by atoms with Crippen LogP contribution in [0.3, 0.4) is 0 Å². The number of furan rings is 2. The predicted molar refractivity (Wildman–Crippen MR) is 160 cm³/mol. The third-order valence-corrected chi connectivity index (χ3v) is 7.22. The van der Waals surface area contributed by atoms with E-state index < -0.39 is 21.4 Å². The van der Waals surface area contributed by atoms with Gasteiger partial charge in [0.05, 0.1) is 12.5 Å². The van der Waals surface area contributed by atoms with E-state index in [2.05, 4.69) is 4.18 Å². The molecular weight excluding hydrogens is 585 g/mol. The van der Waals surface area contributed by atoms with Crippen LogP contribution in [0, 0.1) is 6.92 Å². The van der Waals surface area contributed by atoms with Crippen LogP contribution in [-0.4, -0.2) is 24.1 Å². The Kier molecular flexibility index (Phi) is 9.51. The molecule has 4 aromatic carbocycles. The lowest BCUT2D eigenvalue weighted by Gasteiger charge is -2.10. The Labute approximate surface area is 246 Å². The maximum absolute atomic E-state index is 12.3. The highest BCUT2D eigenvalue weighted by Crippen LogP contribution is 2.36. The van der Waals surface area contributed by atoms with Crippen LogP contribution in [0.5, 0.6) is 17.2 Å². The Morgan fingerprint density at radius 1 is 0.674 bits per heavy atom. The van der Waals surface area contributed by atoms with Crippen LogP contribution in [0.25, 0.3) is 44.2 Å². The molecule has 6 aromatic rings. The van der Waals surface area contributed by atoms with E-state index in [0.717, 1.165) is 33.0 Å². The van der Waals surface area contributed by atoms with E-state index in [1.165, 1.54) is 24.3 Å². The van der Waals surface area contributed by atoms with Crippen molar-refractivity contribution < 1.29 is 44.8 Å². The Morgan fingerprint density at radius 3 is 1.72 bits per heavy atom. The van der Waals surface area contributed by atoms with Crippen molar-refractivity contribution in [1.82, 2.24) is 0 Å². The largest absolute Gasteiger partial charge is 0.534 e. The minimum absolute atomic E-state index is 0. The maximum Gasteiger partial charge on any atom is 0.534 e. The highest BCUT2D eigenvalue weighted by atomic mass is 32.2. The van der Waals surface area contributed by atoms with Gasteiger partial charge in [0, 0.05) is 10.8 Å². The first-order chi connectivity index (χ1) is 19.4. The van der Waals surface area contributed by atoms with Crippen molar-refractivity contribution in [3.63, 3.8) is 0 Å². The molecule has 2 aromatic heterocycles. The van der Waals surface area contributed by atoms with E-state index in [0.29, 0.717) is 16.7 Å². The van der Waals surface area contributed by atoms with Crippen molar-refractivity contribution in [3.8, 4) is 39.5 Å². The molecule has 0 spiro atoms. The number of rotatable bonds is 4. The SMILES string of the molecule is C.C.Cc1ccc(-c2ccc(OS(=O)(=O)C(F)(F)F)cc2)c2ccoc12.Oc1ccc(-c2ccc(O)c3occc23)cc1. The van der Waals surface area contributed by atoms with Gasteiger partial charge in [0.25, 0.3) is 0 Å². The van der Waals surface area contributed by atoms with E-state index in [-0.39, 0.29) is 26.4 Å². The number of aromatic hydroxyl groups is 2. The molecule has 7 nitrogen and oxygen atoms in total. The van der Waals surface area contributed by atoms with Crippen LogP contribution in [0.2, 0.25) is 0 Å². The first-order valence-electron chi connectivity index (χ1n) is 12.0. The van der Waals surface area contributed by atoms with Crippen LogP contribution < -0.4 is 4.18 Å². The van der Waals surface area contributed by atoms with Crippen molar-refractivity contribution in [2.24, 2.45) is 0 Å². The Morgan fingerprint density at radius 2 is 1.16 bits per heavy atom. The fraction of sp³-hybridized carbons (Fsp3) is 0.125. The lowest BCUT2D eigenvalue weighted by Crippen LogP contribution is -2.28. The van der Waals surface area contributed by atoms with Gasteiger partial charge < -0.3 is 23.2 Å². The number of hydrogen-bond donors (Lipinski definition) is 2. The topological polar surface area (TPSA) is 110 Å². The Bertz CT molecular complexity index is 1940. The molecule has 6 rings (SSSR count). The van der Waals surface area contributed by atoms with Crippen LogP contribution in [0.15, 0.2) is 106 Å². The predicted octanol–water partition coefficient (Wildman–Crippen LogP) is 9.42. The highest BCUT2D eigenvalue weighted by molar-refractivity contribution is 7.88. The van der Waals surface area contributed by atoms with Gasteiger partial charge in [-0.05, 0) is 83.3 Å². The number of fused-ring (bicyclic) bond motifs is 2. The van der Waals surface area contributed by atoms with Gasteiger partial charge in [-0.15, -0.1) is 0 Å². The van der Waals surface area contributed by atoms with Crippen LogP contribution in [0.1, 0.15) is 20.4 Å². The maximum atomic E-state index is 12.3. The van der Waals surface area contributed by atoms with Crippen LogP contribution in [-0.2, 0) is 10.1 Å². The quantitative estimate of drug-likeness (QED) is 0.150. The van der Waals surface area contributed by atoms with Crippen molar-refractivity contribution in [3.05, 3.63) is 103 Å². The van der Waals surface area contributed by atoms with Gasteiger partial charge >= 0.3 is 15.6 Å². The van der Waals surface area contributed by atoms with E-state index >= 15 is 0 Å². The molecule has 0 atom stereocenters. The zero-order chi connectivity index (χ0) is 29.4. The van der Waals surface area contributed by atoms with E-state index in [1.807, 2.05) is 43.3 Å². The molecule has 0 fully saturated rings. The summed E-state index contributed by atoms with van der Waals surface area (Å²) >= 11 is 0. The summed E-state index contributed by atoms with van der Waals surface area (Å²) in [6.07, 6.45) is 3.10. The molecule has 226 valence electrons. The van der Waals surface area contributed by atoms with E-state index in [1.54, 1.807) is 36.8 Å². The summed E-state index contributed by atoms with van der Waals surface area (Å²) in [5, 5.41) is 20.6. The van der Waals surface area contributed by atoms with Gasteiger partial charge in [0.15, 0.2) is 11.3 Å². The summed E-state index contributed by atoms with van der Waals surface area (Å²) < 4.78 is 73.7. The molecule has 0 aliphatic carbocycles. The summed E-state index contributed by atoms with van der Waals surface area (Å²) in [6.45, 7) is 1.90. The first kappa shape index (κ1) is 32.6. The second-order valence-electron chi connectivity index (χ2n) is 8.94. The summed E-state index contributed by atoms with van der Waals surface area (Å²) in [5.74, 6) is -0.0462. The lowest BCUT2D eigenvalue weighted by molar-refractivity contribution is -0.0500. The van der Waals surface area contributed by atoms with Gasteiger partial charge in [-0.1, -0.05) is 51.3 Å². The van der Waals surface area contributed by atoms with Gasteiger partial charge in [0.2, 0.25) is 0 Å². The van der Waals surface area contributed by atoms with Gasteiger partial charge in [-0.25, -0.2) is 0 Å². The molecule has 2 heterocycles. The molecule has 11 heteroatoms. The van der Waals surface area contributed by atoms with E-state index in [9.17, 15) is 31.8 Å². The summed E-state index contributed by atoms with van der Waals surface area (Å²) in [5.41, 5.74) is 0.123. The van der Waals surface area contributed by atoms with Crippen LogP contribution >= 0.6 is 0 Å². The Hall–Kier alpha value is -4.90. The van der Waals surface area contributed by atoms with Crippen molar-refractivity contribution in [2.45, 2.75) is 27.3 Å². The monoisotopic (exact) mass is 614 g/mol. The fourth-order valence-electron chi connectivity index (χ4n) is 4.26. The van der Waals surface area contributed by atoms with Crippen molar-refractivity contribution in [1.29, 1.82) is 0 Å². The van der Waals surface area contributed by atoms with Gasteiger partial charge in [0.1, 0.15) is 17.1 Å². The second-order valence-corrected chi connectivity index (χ2v) is 10.5. The fourth-order valence-corrected chi connectivity index (χ4v) is 4.72. The average Bonchev–Trinajstić information content (AvgIpc) is 3.62. The molecule has 2 N–H and O–H groups in total. The second kappa shape index (κ2) is 12.5. The smallest absolute Gasteiger partial charge is 0.508 e. The molecule has 0 radical (unpaired) electrons. The molecule has 0 amide bonds. The first-order valence-corrected chi connectivity index (χ1v) is 13.4. The standard InChI is InChI=1S/C16H11F3O4S.C14H10O3.2CH4/c1-10-2-7-13(14-8-9-22-15(10)14)11-3-5-12(6-4-11)23-24(20,21)16(17,18)19;15-10-3-1-9(2-4-10)11-5-6-13(16)14-12(11)7-8-17-14;;/h2-9H,1H3;1-8,15-16H;2*1H4. The third kappa shape index (κ3) is 6.62. The normalized spacial score (nSPS) is 11.3. The molecule has 0 unspecified atom stereocenters. The number of phenols is 2. The minimum atomic E-state index is -5.67.